The van der Waals surface area contributed by atoms with Crippen LogP contribution in [-0.2, 0) is 21.7 Å². The first-order valence-electron chi connectivity index (χ1n) is 46.3. The first-order valence-corrected chi connectivity index (χ1v) is 46.3. The van der Waals surface area contributed by atoms with Gasteiger partial charge >= 0.3 is 0 Å². The van der Waals surface area contributed by atoms with Crippen LogP contribution in [0.3, 0.4) is 0 Å². The average Bonchev–Trinajstić information content (AvgIpc) is 1.49. The van der Waals surface area contributed by atoms with Gasteiger partial charge in [-0.25, -0.2) is 0 Å². The summed E-state index contributed by atoms with van der Waals surface area (Å²) in [5, 5.41) is 7.16. The lowest BCUT2D eigenvalue weighted by molar-refractivity contribution is 0.369. The molecule has 0 radical (unpaired) electrons. The second-order valence-corrected chi connectivity index (χ2v) is 36.7. The molecular formula is C116H107NO3. The first-order chi connectivity index (χ1) is 59.4. The first kappa shape index (κ1) is 73.7. The van der Waals surface area contributed by atoms with Crippen LogP contribution in [0.1, 0.15) is 261 Å². The summed E-state index contributed by atoms with van der Waals surface area (Å²) in [6.45, 7) is 9.51. The molecule has 0 fully saturated rings. The lowest BCUT2D eigenvalue weighted by atomic mass is 9.62. The van der Waals surface area contributed by atoms with Crippen molar-refractivity contribution in [3.63, 3.8) is 0 Å². The molecule has 0 saturated heterocycles. The molecule has 23 rings (SSSR count). The topological polar surface area (TPSA) is 42.7 Å². The quantitative estimate of drug-likeness (QED) is 0.0481. The van der Waals surface area contributed by atoms with Gasteiger partial charge in [0.15, 0.2) is 0 Å². The van der Waals surface area contributed by atoms with Gasteiger partial charge in [0.25, 0.3) is 0 Å². The zero-order valence-electron chi connectivity index (χ0n) is 70.3. The highest BCUT2D eigenvalue weighted by Gasteiger charge is 2.60. The monoisotopic (exact) mass is 1560 g/mol. The average molecular weight is 1560 g/mol. The van der Waals surface area contributed by atoms with Crippen LogP contribution in [0.4, 0.5) is 17.1 Å². The molecule has 3 heterocycles. The van der Waals surface area contributed by atoms with Gasteiger partial charge in [0, 0.05) is 71.7 Å². The predicted octanol–water partition coefficient (Wildman–Crippen LogP) is 33.5. The Morgan fingerprint density at radius 2 is 0.750 bits per heavy atom. The summed E-state index contributed by atoms with van der Waals surface area (Å²) >= 11 is 0. The highest BCUT2D eigenvalue weighted by atomic mass is 16.3. The number of para-hydroxylation sites is 3. The SMILES string of the molecule is CCCCCCCC1(CCCCCCC)c2cc(N(c3ccc4c(c3)C3(C5=CC=CCC5c5ccccc53)c3cc5c(cc3-4)C3(c4ccccc4-c4ccccc43)c3ccc4oc6ccccc6c4c3-5)c3ccc4oc5ccccc5c4c3)ccc2-c2c1c1c(c3c2oc2ccccc23)-c2ccccc2C1(CCCCCCC)CCCCCCC. The van der Waals surface area contributed by atoms with Gasteiger partial charge in [-0.15, -0.1) is 0 Å². The largest absolute Gasteiger partial charge is 0.456 e. The van der Waals surface area contributed by atoms with Gasteiger partial charge in [-0.1, -0.05) is 344 Å². The van der Waals surface area contributed by atoms with Gasteiger partial charge in [-0.3, -0.25) is 0 Å². The number of fused-ring (bicyclic) bond motifs is 39. The van der Waals surface area contributed by atoms with Crippen molar-refractivity contribution in [1.82, 2.24) is 0 Å². The number of furan rings is 3. The molecule has 7 aliphatic carbocycles. The highest BCUT2D eigenvalue weighted by molar-refractivity contribution is 6.22. The van der Waals surface area contributed by atoms with E-state index in [1.807, 2.05) is 0 Å². The normalized spacial score (nSPS) is 16.9. The van der Waals surface area contributed by atoms with E-state index in [0.717, 1.165) is 106 Å². The number of nitrogens with zero attached hydrogens (tertiary/aromatic N) is 1. The molecule has 0 aliphatic heterocycles. The molecular weight excluding hydrogens is 1460 g/mol. The van der Waals surface area contributed by atoms with Crippen LogP contribution in [0.5, 0.6) is 0 Å². The number of allylic oxidation sites excluding steroid dienone is 4. The highest BCUT2D eigenvalue weighted by Crippen LogP contribution is 2.72. The van der Waals surface area contributed by atoms with Crippen LogP contribution in [0.2, 0.25) is 0 Å². The molecule has 7 aliphatic rings. The van der Waals surface area contributed by atoms with Crippen molar-refractivity contribution < 1.29 is 13.3 Å². The van der Waals surface area contributed by atoms with E-state index in [1.165, 1.54) is 249 Å². The molecule has 594 valence electrons. The van der Waals surface area contributed by atoms with Crippen LogP contribution in [0.15, 0.2) is 286 Å². The molecule has 2 atom stereocenters. The zero-order valence-corrected chi connectivity index (χ0v) is 70.3. The smallest absolute Gasteiger partial charge is 0.144 e. The fourth-order valence-corrected chi connectivity index (χ4v) is 25.4. The molecule has 2 spiro atoms. The van der Waals surface area contributed by atoms with Crippen molar-refractivity contribution >= 4 is 82.9 Å². The van der Waals surface area contributed by atoms with E-state index < -0.39 is 10.8 Å². The second-order valence-electron chi connectivity index (χ2n) is 36.7. The van der Waals surface area contributed by atoms with Crippen molar-refractivity contribution in [2.45, 2.75) is 216 Å². The Morgan fingerprint density at radius 1 is 0.300 bits per heavy atom. The van der Waals surface area contributed by atoms with Crippen LogP contribution in [0, 0.1) is 0 Å². The summed E-state index contributed by atoms with van der Waals surface area (Å²) in [6.07, 6.45) is 37.5. The molecule has 2 unspecified atom stereocenters. The standard InChI is InChI=1S/C116H107NO3/c1-5-9-13-17-37-65-113(66-38-18-14-10-6-2)90-49-29-25-46-83(90)107-108-86-48-28-36-56-102(86)120-112(108)109-84-61-58-75(70-96(84)114(111(109)110(107)113,67-39-19-15-11-7-3)68-40-20-16-12-8-4)117(74-59-63-103-88(69-74)82-45-26-34-54-100(82)118-103)76-57-60-81-87-72-99-89(73-98(87)116(97(81)71-76)93-52-32-23-43-79(93)80-44-24-33-53-94(80)116)105-95(62-64-104-106(105)85-47-27-35-55-101(85)119-104)115(99)91-50-30-21-41-77(91)78-42-22-31-51-92(78)115/h21-36,41-43,45-64,69-73,80H,5-20,37-40,44,65-68H2,1-4H3. The van der Waals surface area contributed by atoms with Gasteiger partial charge in [0.1, 0.15) is 33.5 Å². The Hall–Kier alpha value is -11.5. The second kappa shape index (κ2) is 29.2. The third kappa shape index (κ3) is 10.5. The van der Waals surface area contributed by atoms with Crippen LogP contribution >= 0.6 is 0 Å². The fraction of sp³-hybridized carbons (Fsp3) is 0.293. The molecule has 4 heteroatoms. The maximum atomic E-state index is 7.78. The van der Waals surface area contributed by atoms with Crippen LogP contribution in [-0.4, -0.2) is 0 Å². The van der Waals surface area contributed by atoms with Gasteiger partial charge < -0.3 is 18.2 Å². The number of hydrogen-bond donors (Lipinski definition) is 0. The maximum Gasteiger partial charge on any atom is 0.144 e. The number of unbranched alkanes of at least 4 members (excludes halogenated alkanes) is 16. The summed E-state index contributed by atoms with van der Waals surface area (Å²) < 4.78 is 21.6. The molecule has 0 bridgehead atoms. The summed E-state index contributed by atoms with van der Waals surface area (Å²) in [4.78, 5) is 2.69. The van der Waals surface area contributed by atoms with E-state index in [9.17, 15) is 0 Å². The molecule has 0 amide bonds. The minimum atomic E-state index is -0.662. The fourth-order valence-electron chi connectivity index (χ4n) is 25.4. The summed E-state index contributed by atoms with van der Waals surface area (Å²) in [5.74, 6) is 0.190. The lowest BCUT2D eigenvalue weighted by Crippen LogP contribution is -2.33. The lowest BCUT2D eigenvalue weighted by Gasteiger charge is -2.40. The van der Waals surface area contributed by atoms with Gasteiger partial charge in [-0.05, 0) is 233 Å². The summed E-state index contributed by atoms with van der Waals surface area (Å²) in [5.41, 5.74) is 39.4. The Balaban J connectivity index is 0.799. The summed E-state index contributed by atoms with van der Waals surface area (Å²) in [7, 11) is 0. The van der Waals surface area contributed by atoms with E-state index in [1.54, 1.807) is 16.7 Å². The Bertz CT molecular complexity index is 6820. The molecule has 3 aromatic heterocycles. The summed E-state index contributed by atoms with van der Waals surface area (Å²) in [6, 6.07) is 97.6. The van der Waals surface area contributed by atoms with Crippen molar-refractivity contribution in [2.24, 2.45) is 0 Å². The van der Waals surface area contributed by atoms with Crippen molar-refractivity contribution in [2.75, 3.05) is 4.90 Å². The molecule has 0 N–H and O–H groups in total. The molecule has 120 heavy (non-hydrogen) atoms. The van der Waals surface area contributed by atoms with Gasteiger partial charge in [0.2, 0.25) is 0 Å². The van der Waals surface area contributed by atoms with E-state index in [4.69, 9.17) is 13.3 Å². The van der Waals surface area contributed by atoms with E-state index in [0.29, 0.717) is 0 Å². The predicted molar refractivity (Wildman–Crippen MR) is 502 cm³/mol. The van der Waals surface area contributed by atoms with E-state index >= 15 is 0 Å². The van der Waals surface area contributed by atoms with Crippen LogP contribution in [0.25, 0.3) is 121 Å². The van der Waals surface area contributed by atoms with Crippen molar-refractivity contribution in [1.29, 1.82) is 0 Å². The number of rotatable bonds is 27. The Morgan fingerprint density at radius 3 is 1.41 bits per heavy atom. The number of anilines is 3. The van der Waals surface area contributed by atoms with Gasteiger partial charge in [0.05, 0.1) is 10.8 Å². The minimum absolute atomic E-state index is 0.189. The zero-order chi connectivity index (χ0) is 80.0. The maximum absolute atomic E-state index is 7.78. The Kier molecular flexibility index (Phi) is 17.9. The molecule has 4 nitrogen and oxygen atoms in total. The van der Waals surface area contributed by atoms with Crippen LogP contribution < -0.4 is 4.90 Å². The molecule has 13 aromatic carbocycles. The third-order valence-electron chi connectivity index (χ3n) is 30.4. The van der Waals surface area contributed by atoms with Crippen molar-refractivity contribution in [3.05, 3.63) is 339 Å². The molecule has 0 saturated carbocycles. The Labute approximate surface area is 707 Å². The molecule has 16 aromatic rings. The third-order valence-corrected chi connectivity index (χ3v) is 30.4. The van der Waals surface area contributed by atoms with Gasteiger partial charge in [-0.2, -0.15) is 0 Å². The van der Waals surface area contributed by atoms with E-state index in [2.05, 4.69) is 300 Å². The van der Waals surface area contributed by atoms with E-state index in [-0.39, 0.29) is 16.7 Å². The number of hydrogen-bond acceptors (Lipinski definition) is 4. The number of benzene rings is 13. The van der Waals surface area contributed by atoms with Crippen molar-refractivity contribution in [3.8, 4) is 55.6 Å². The minimum Gasteiger partial charge on any atom is -0.456 e.